The van der Waals surface area contributed by atoms with Crippen molar-refractivity contribution in [2.75, 3.05) is 54.1 Å². The van der Waals surface area contributed by atoms with E-state index in [1.807, 2.05) is 21.1 Å². The first-order valence-corrected chi connectivity index (χ1v) is 24.8. The first-order chi connectivity index (χ1) is 28.6. The zero-order valence-electron chi connectivity index (χ0n) is 38.5. The highest BCUT2D eigenvalue weighted by Gasteiger charge is 2.26. The van der Waals surface area contributed by atoms with Crippen molar-refractivity contribution in [3.63, 3.8) is 0 Å². The molecule has 0 bridgehead atoms. The molecule has 0 heterocycles. The van der Waals surface area contributed by atoms with E-state index in [2.05, 4.69) is 98.9 Å². The lowest BCUT2D eigenvalue weighted by Crippen LogP contribution is -2.37. The van der Waals surface area contributed by atoms with Crippen LogP contribution in [0.2, 0.25) is 0 Å². The molecule has 0 aliphatic rings. The summed E-state index contributed by atoms with van der Waals surface area (Å²) >= 11 is 0. The highest BCUT2D eigenvalue weighted by molar-refractivity contribution is 7.47. The van der Waals surface area contributed by atoms with Gasteiger partial charge in [0.2, 0.25) is 0 Å². The van der Waals surface area contributed by atoms with Crippen molar-refractivity contribution in [2.45, 2.75) is 174 Å². The minimum Gasteiger partial charge on any atom is -0.457 e. The van der Waals surface area contributed by atoms with Gasteiger partial charge in [0, 0.05) is 13.0 Å². The van der Waals surface area contributed by atoms with E-state index >= 15 is 0 Å². The van der Waals surface area contributed by atoms with Crippen LogP contribution in [0.4, 0.5) is 0 Å². The highest BCUT2D eigenvalue weighted by atomic mass is 31.2. The monoisotopic (exact) mass is 847 g/mol. The van der Waals surface area contributed by atoms with Crippen molar-refractivity contribution in [1.82, 2.24) is 0 Å². The molecule has 0 rings (SSSR count). The zero-order chi connectivity index (χ0) is 43.4. The Bertz CT molecular complexity index is 1210. The summed E-state index contributed by atoms with van der Waals surface area (Å²) in [6.45, 7) is 5.42. The Kier molecular flexibility index (Phi) is 40.7. The highest BCUT2D eigenvalue weighted by Crippen LogP contribution is 2.43. The van der Waals surface area contributed by atoms with Crippen LogP contribution in [-0.4, -0.2) is 75.6 Å². The summed E-state index contributed by atoms with van der Waals surface area (Å²) in [4.78, 5) is 22.9. The van der Waals surface area contributed by atoms with Crippen LogP contribution in [0, 0.1) is 0 Å². The van der Waals surface area contributed by atoms with Crippen LogP contribution in [-0.2, 0) is 27.9 Å². The van der Waals surface area contributed by atoms with Gasteiger partial charge in [0.1, 0.15) is 19.3 Å². The van der Waals surface area contributed by atoms with Gasteiger partial charge in [-0.25, -0.2) is 4.57 Å². The predicted molar refractivity (Wildman–Crippen MR) is 251 cm³/mol. The van der Waals surface area contributed by atoms with Crippen LogP contribution in [0.15, 0.2) is 85.1 Å². The SMILES string of the molecule is CC/C=C\C/C=C\C/C=C\C/C=C\C/C=C\C/C=C\CCCCCCCCC(=O)OC(COCCCCCCCC/C=C\CCCC)COP(=O)(O)OCC[N+](C)(C)C. The number of unbranched alkanes of at least 4 members (excludes halogenated alkanes) is 14. The number of hydrogen-bond acceptors (Lipinski definition) is 6. The fourth-order valence-corrected chi connectivity index (χ4v) is 6.57. The number of hydrogen-bond donors (Lipinski definition) is 1. The minimum absolute atomic E-state index is 0.0798. The van der Waals surface area contributed by atoms with Crippen LogP contribution < -0.4 is 0 Å². The Hall–Kier alpha value is -2.32. The van der Waals surface area contributed by atoms with Crippen molar-refractivity contribution in [3.05, 3.63) is 85.1 Å². The Balaban J connectivity index is 4.21. The van der Waals surface area contributed by atoms with Gasteiger partial charge in [0.05, 0.1) is 34.4 Å². The van der Waals surface area contributed by atoms with Gasteiger partial charge in [-0.1, -0.05) is 163 Å². The Morgan fingerprint density at radius 2 is 0.983 bits per heavy atom. The van der Waals surface area contributed by atoms with E-state index in [1.54, 1.807) is 0 Å². The van der Waals surface area contributed by atoms with Crippen molar-refractivity contribution in [1.29, 1.82) is 0 Å². The molecule has 340 valence electrons. The molecule has 0 aromatic heterocycles. The molecule has 2 atom stereocenters. The molecule has 0 aliphatic heterocycles. The van der Waals surface area contributed by atoms with Gasteiger partial charge in [-0.05, 0) is 83.5 Å². The normalized spacial score (nSPS) is 14.5. The molecule has 59 heavy (non-hydrogen) atoms. The summed E-state index contributed by atoms with van der Waals surface area (Å²) in [5.74, 6) is -0.334. The molecular formula is C50H89NO7P+. The number of carbonyl (C=O) groups is 1. The molecule has 0 spiro atoms. The number of esters is 1. The lowest BCUT2D eigenvalue weighted by Gasteiger charge is -2.24. The molecule has 0 amide bonds. The Labute approximate surface area is 363 Å². The molecule has 0 saturated heterocycles. The third-order valence-electron chi connectivity index (χ3n) is 9.44. The molecule has 0 aromatic rings. The van der Waals surface area contributed by atoms with Crippen molar-refractivity contribution in [2.24, 2.45) is 0 Å². The summed E-state index contributed by atoms with van der Waals surface area (Å²) in [5.41, 5.74) is 0. The number of likely N-dealkylation sites (N-methyl/N-ethyl adjacent to an activating group) is 1. The fraction of sp³-hybridized carbons (Fsp3) is 0.700. The van der Waals surface area contributed by atoms with E-state index in [4.69, 9.17) is 18.5 Å². The quantitative estimate of drug-likeness (QED) is 0.0215. The molecule has 0 fully saturated rings. The van der Waals surface area contributed by atoms with Crippen molar-refractivity contribution < 1.29 is 37.3 Å². The number of carbonyl (C=O) groups excluding carboxylic acids is 1. The average Bonchev–Trinajstić information content (AvgIpc) is 3.19. The summed E-state index contributed by atoms with van der Waals surface area (Å²) in [6, 6.07) is 0. The topological polar surface area (TPSA) is 91.3 Å². The molecule has 9 heteroatoms. The fourth-order valence-electron chi connectivity index (χ4n) is 5.83. The van der Waals surface area contributed by atoms with Crippen LogP contribution >= 0.6 is 7.82 Å². The van der Waals surface area contributed by atoms with E-state index in [0.717, 1.165) is 83.5 Å². The second-order valence-corrected chi connectivity index (χ2v) is 17.9. The van der Waals surface area contributed by atoms with Crippen LogP contribution in [0.1, 0.15) is 168 Å². The average molecular weight is 847 g/mol. The van der Waals surface area contributed by atoms with Crippen molar-refractivity contribution >= 4 is 13.8 Å². The molecular weight excluding hydrogens is 758 g/mol. The third kappa shape index (κ3) is 46.6. The van der Waals surface area contributed by atoms with Gasteiger partial charge in [-0.3, -0.25) is 13.8 Å². The summed E-state index contributed by atoms with van der Waals surface area (Å²) in [7, 11) is 1.64. The Morgan fingerprint density at radius 3 is 1.49 bits per heavy atom. The lowest BCUT2D eigenvalue weighted by molar-refractivity contribution is -0.870. The maximum Gasteiger partial charge on any atom is 0.472 e. The third-order valence-corrected chi connectivity index (χ3v) is 10.4. The smallest absolute Gasteiger partial charge is 0.457 e. The molecule has 2 unspecified atom stereocenters. The second-order valence-electron chi connectivity index (χ2n) is 16.4. The number of nitrogens with zero attached hydrogens (tertiary/aromatic N) is 1. The van der Waals surface area contributed by atoms with E-state index < -0.39 is 13.9 Å². The van der Waals surface area contributed by atoms with Gasteiger partial charge in [-0.2, -0.15) is 0 Å². The molecule has 0 radical (unpaired) electrons. The predicted octanol–water partition coefficient (Wildman–Crippen LogP) is 14.1. The van der Waals surface area contributed by atoms with Gasteiger partial charge >= 0.3 is 13.8 Å². The number of quaternary nitrogens is 1. The molecule has 8 nitrogen and oxygen atoms in total. The Morgan fingerprint density at radius 1 is 0.542 bits per heavy atom. The molecule has 1 N–H and O–H groups in total. The largest absolute Gasteiger partial charge is 0.472 e. The number of phosphoric acid groups is 1. The van der Waals surface area contributed by atoms with Gasteiger partial charge in [-0.15, -0.1) is 0 Å². The zero-order valence-corrected chi connectivity index (χ0v) is 39.4. The maximum atomic E-state index is 12.7. The molecule has 0 aliphatic carbocycles. The molecule has 0 saturated carbocycles. The van der Waals surface area contributed by atoms with Gasteiger partial charge < -0.3 is 18.9 Å². The number of ether oxygens (including phenoxy) is 2. The van der Waals surface area contributed by atoms with E-state index in [-0.39, 0.29) is 25.8 Å². The maximum absolute atomic E-state index is 12.7. The first-order valence-electron chi connectivity index (χ1n) is 23.3. The number of phosphoric ester groups is 1. The number of allylic oxidation sites excluding steroid dienone is 14. The minimum atomic E-state index is -4.29. The second kappa shape index (κ2) is 42.4. The van der Waals surface area contributed by atoms with Crippen LogP contribution in [0.5, 0.6) is 0 Å². The van der Waals surface area contributed by atoms with Crippen molar-refractivity contribution in [3.8, 4) is 0 Å². The van der Waals surface area contributed by atoms with E-state index in [0.29, 0.717) is 24.1 Å². The standard InChI is InChI=1S/C50H88NO7P/c1-6-8-10-12-14-16-18-20-21-22-23-24-25-26-27-28-29-30-31-32-33-35-37-39-41-43-50(52)58-49(48-57-59(53,54)56-46-44-51(3,4)5)47-55-45-42-40-38-36-34-19-17-15-13-11-9-7-2/h8,10,13-16,20-21,23-24,26-27,29-30,49H,6-7,9,11-12,17-19,22,25,28,31-48H2,1-5H3/p+1/b10-8-,15-13-,16-14-,21-20-,24-23-,27-26-,30-29-. The first kappa shape index (κ1) is 56.7. The van der Waals surface area contributed by atoms with E-state index in [9.17, 15) is 14.3 Å². The van der Waals surface area contributed by atoms with Crippen LogP contribution in [0.25, 0.3) is 0 Å². The summed E-state index contributed by atoms with van der Waals surface area (Å²) in [5, 5.41) is 0. The van der Waals surface area contributed by atoms with Gasteiger partial charge in [0.15, 0.2) is 0 Å². The number of rotatable bonds is 42. The van der Waals surface area contributed by atoms with Gasteiger partial charge in [0.25, 0.3) is 0 Å². The van der Waals surface area contributed by atoms with Crippen LogP contribution in [0.3, 0.4) is 0 Å². The summed E-state index contributed by atoms with van der Waals surface area (Å²) in [6.07, 6.45) is 56.2. The van der Waals surface area contributed by atoms with E-state index in [1.165, 1.54) is 64.2 Å². The molecule has 0 aromatic carbocycles. The summed E-state index contributed by atoms with van der Waals surface area (Å²) < 4.78 is 35.0. The lowest BCUT2D eigenvalue weighted by atomic mass is 10.1.